The lowest BCUT2D eigenvalue weighted by Crippen LogP contribution is -2.52. The van der Waals surface area contributed by atoms with Crippen LogP contribution >= 0.6 is 22.6 Å². The number of hydrogen-bond acceptors (Lipinski definition) is 13. The molecule has 15 nitrogen and oxygen atoms in total. The third kappa shape index (κ3) is 13.0. The minimum absolute atomic E-state index is 0.177. The number of rotatable bonds is 18. The quantitative estimate of drug-likeness (QED) is 0.0408. The molecule has 0 radical (unpaired) electrons. The van der Waals surface area contributed by atoms with Crippen molar-refractivity contribution in [1.82, 2.24) is 0 Å². The minimum Gasteiger partial charge on any atom is -0.489 e. The first-order chi connectivity index (χ1) is 20.3. The van der Waals surface area contributed by atoms with Gasteiger partial charge in [0.1, 0.15) is 44.0 Å². The van der Waals surface area contributed by atoms with Crippen molar-refractivity contribution in [2.45, 2.75) is 58.7 Å². The number of benzene rings is 1. The number of carbonyl (C=O) groups excluding carboxylic acids is 5. The van der Waals surface area contributed by atoms with Gasteiger partial charge in [0.15, 0.2) is 12.2 Å². The molecule has 4 atom stereocenters. The lowest BCUT2D eigenvalue weighted by Gasteiger charge is -2.32. The van der Waals surface area contributed by atoms with Crippen molar-refractivity contribution in [1.29, 1.82) is 0 Å². The number of esters is 5. The van der Waals surface area contributed by atoms with Crippen LogP contribution in [0.25, 0.3) is 10.4 Å². The fourth-order valence-corrected chi connectivity index (χ4v) is 4.04. The highest BCUT2D eigenvalue weighted by Crippen LogP contribution is 2.31. The minimum atomic E-state index is -2.00. The van der Waals surface area contributed by atoms with Gasteiger partial charge in [0.05, 0.1) is 3.57 Å². The Morgan fingerprint density at radius 1 is 0.907 bits per heavy atom. The van der Waals surface area contributed by atoms with Crippen molar-refractivity contribution in [2.75, 3.05) is 19.8 Å². The van der Waals surface area contributed by atoms with E-state index in [0.29, 0.717) is 20.6 Å². The second-order valence-electron chi connectivity index (χ2n) is 8.45. The van der Waals surface area contributed by atoms with Crippen molar-refractivity contribution in [3.63, 3.8) is 0 Å². The molecule has 0 unspecified atom stereocenters. The van der Waals surface area contributed by atoms with Crippen molar-refractivity contribution < 1.29 is 57.1 Å². The third-order valence-corrected chi connectivity index (χ3v) is 6.20. The first-order valence-electron chi connectivity index (χ1n) is 12.5. The summed E-state index contributed by atoms with van der Waals surface area (Å²) in [6.07, 6.45) is -2.26. The molecule has 43 heavy (non-hydrogen) atoms. The highest BCUT2D eigenvalue weighted by Gasteiger charge is 2.45. The summed E-state index contributed by atoms with van der Waals surface area (Å²) in [5.41, 5.74) is 9.73. The van der Waals surface area contributed by atoms with Gasteiger partial charge in [0.2, 0.25) is 6.10 Å². The second kappa shape index (κ2) is 19.0. The van der Waals surface area contributed by atoms with E-state index in [1.54, 1.807) is 12.1 Å². The normalized spacial score (nSPS) is 13.0. The Kier molecular flexibility index (Phi) is 16.2. The standard InChI is InChI=1S/C27H32IN3O12/c1-7-9-37-20-11-19(23(28)21(12-20)38-10-8-2)13-40-27(36)26(43-18(6)35)24(30-31-29)25(42-17(5)34)22(41-16(4)33)14-39-15(3)32/h7-8,11-12,22,24-26H,1-2,9-10,13-14H2,3-6H3/t22-,24+,25-,26-/m1/s1. The Hall–Kier alpha value is -4.31. The summed E-state index contributed by atoms with van der Waals surface area (Å²) >= 11 is 1.98. The summed E-state index contributed by atoms with van der Waals surface area (Å²) in [7, 11) is 0. The van der Waals surface area contributed by atoms with E-state index >= 15 is 0 Å². The highest BCUT2D eigenvalue weighted by atomic mass is 127. The van der Waals surface area contributed by atoms with Crippen molar-refractivity contribution in [3.8, 4) is 11.5 Å². The van der Waals surface area contributed by atoms with Gasteiger partial charge in [-0.2, -0.15) is 0 Å². The number of carbonyl (C=O) groups is 5. The SMILES string of the molecule is C=CCOc1cc(COC(=O)[C@H](OC(C)=O)[C@@H](N=[N+]=[N-])[C@H](OC(C)=O)[C@@H](COC(C)=O)OC(C)=O)c(I)c(OCC=C)c1. The molecular weight excluding hydrogens is 685 g/mol. The summed E-state index contributed by atoms with van der Waals surface area (Å²) in [5.74, 6) is -4.03. The Morgan fingerprint density at radius 2 is 1.51 bits per heavy atom. The summed E-state index contributed by atoms with van der Waals surface area (Å²) in [4.78, 5) is 63.3. The van der Waals surface area contributed by atoms with Crippen LogP contribution in [0.2, 0.25) is 0 Å². The molecule has 0 saturated heterocycles. The highest BCUT2D eigenvalue weighted by molar-refractivity contribution is 14.1. The average Bonchev–Trinajstić information content (AvgIpc) is 2.93. The van der Waals surface area contributed by atoms with Crippen molar-refractivity contribution in [2.24, 2.45) is 5.11 Å². The molecule has 1 aromatic carbocycles. The maximum atomic E-state index is 13.4. The largest absolute Gasteiger partial charge is 0.489 e. The number of azide groups is 1. The van der Waals surface area contributed by atoms with Gasteiger partial charge in [-0.25, -0.2) is 4.79 Å². The van der Waals surface area contributed by atoms with Crippen molar-refractivity contribution in [3.05, 3.63) is 57.0 Å². The molecule has 0 bridgehead atoms. The molecule has 0 aromatic heterocycles. The van der Waals surface area contributed by atoms with E-state index in [1.807, 2.05) is 22.6 Å². The number of halogens is 1. The molecule has 0 aliphatic carbocycles. The van der Waals surface area contributed by atoms with E-state index in [1.165, 1.54) is 12.2 Å². The van der Waals surface area contributed by atoms with Gasteiger partial charge in [-0.1, -0.05) is 30.4 Å². The molecule has 0 heterocycles. The van der Waals surface area contributed by atoms with Gasteiger partial charge in [-0.15, -0.1) is 0 Å². The Morgan fingerprint density at radius 3 is 2.05 bits per heavy atom. The van der Waals surface area contributed by atoms with Crippen molar-refractivity contribution >= 4 is 52.4 Å². The van der Waals surface area contributed by atoms with E-state index in [2.05, 4.69) is 23.2 Å². The molecule has 0 aliphatic rings. The predicted octanol–water partition coefficient (Wildman–Crippen LogP) is 3.50. The van der Waals surface area contributed by atoms with Crippen LogP contribution < -0.4 is 9.47 Å². The molecule has 0 aliphatic heterocycles. The molecule has 234 valence electrons. The Balaban J connectivity index is 3.52. The Bertz CT molecular complexity index is 1250. The monoisotopic (exact) mass is 717 g/mol. The maximum absolute atomic E-state index is 13.4. The molecule has 0 N–H and O–H groups in total. The summed E-state index contributed by atoms with van der Waals surface area (Å²) < 4.78 is 37.7. The summed E-state index contributed by atoms with van der Waals surface area (Å²) in [6.45, 7) is 10.6. The first-order valence-corrected chi connectivity index (χ1v) is 13.6. The number of hydrogen-bond donors (Lipinski definition) is 0. The van der Waals surface area contributed by atoms with E-state index in [9.17, 15) is 29.5 Å². The fraction of sp³-hybridized carbons (Fsp3) is 0.444. The van der Waals surface area contributed by atoms with Crippen LogP contribution in [-0.2, 0) is 54.3 Å². The molecule has 1 aromatic rings. The molecule has 0 saturated carbocycles. The first kappa shape index (κ1) is 36.7. The summed E-state index contributed by atoms with van der Waals surface area (Å²) in [5, 5.41) is 3.51. The van der Waals surface area contributed by atoms with Crippen LogP contribution in [0.3, 0.4) is 0 Å². The molecule has 0 fully saturated rings. The number of nitrogens with zero attached hydrogens (tertiary/aromatic N) is 3. The maximum Gasteiger partial charge on any atom is 0.348 e. The molecule has 16 heteroatoms. The van der Waals surface area contributed by atoms with Crippen LogP contribution in [0.5, 0.6) is 11.5 Å². The zero-order chi connectivity index (χ0) is 32.5. The van der Waals surface area contributed by atoms with Crippen LogP contribution in [0.15, 0.2) is 42.6 Å². The summed E-state index contributed by atoms with van der Waals surface area (Å²) in [6, 6.07) is 1.38. The van der Waals surface area contributed by atoms with Gasteiger partial charge in [-0.05, 0) is 34.2 Å². The lowest BCUT2D eigenvalue weighted by atomic mass is 10.00. The molecular formula is C27H32IN3O12. The van der Waals surface area contributed by atoms with Crippen LogP contribution in [0.4, 0.5) is 0 Å². The fourth-order valence-electron chi connectivity index (χ4n) is 3.42. The zero-order valence-corrected chi connectivity index (χ0v) is 26.1. The third-order valence-electron chi connectivity index (χ3n) is 4.98. The predicted molar refractivity (Wildman–Crippen MR) is 157 cm³/mol. The van der Waals surface area contributed by atoms with Gasteiger partial charge in [0, 0.05) is 44.2 Å². The van der Waals surface area contributed by atoms with Gasteiger partial charge >= 0.3 is 29.8 Å². The molecule has 0 amide bonds. The van der Waals surface area contributed by atoms with Crippen LogP contribution in [0.1, 0.15) is 33.3 Å². The van der Waals surface area contributed by atoms with E-state index in [-0.39, 0.29) is 13.2 Å². The Labute approximate surface area is 261 Å². The second-order valence-corrected chi connectivity index (χ2v) is 9.53. The van der Waals surface area contributed by atoms with E-state index in [4.69, 9.17) is 33.2 Å². The zero-order valence-electron chi connectivity index (χ0n) is 24.0. The van der Waals surface area contributed by atoms with E-state index < -0.39 is 67.4 Å². The van der Waals surface area contributed by atoms with Crippen LogP contribution in [-0.4, -0.2) is 74.0 Å². The molecule has 1 rings (SSSR count). The molecule has 0 spiro atoms. The lowest BCUT2D eigenvalue weighted by molar-refractivity contribution is -0.185. The van der Waals surface area contributed by atoms with E-state index in [0.717, 1.165) is 27.7 Å². The number of ether oxygens (including phenoxy) is 7. The van der Waals surface area contributed by atoms with Gasteiger partial charge in [-0.3, -0.25) is 19.2 Å². The van der Waals surface area contributed by atoms with Crippen LogP contribution in [0, 0.1) is 3.57 Å². The van der Waals surface area contributed by atoms with Gasteiger partial charge in [0.25, 0.3) is 0 Å². The van der Waals surface area contributed by atoms with Gasteiger partial charge < -0.3 is 33.2 Å². The topological polar surface area (TPSA) is 199 Å². The average molecular weight is 717 g/mol. The smallest absolute Gasteiger partial charge is 0.348 e.